The van der Waals surface area contributed by atoms with Gasteiger partial charge in [0, 0.05) is 28.1 Å². The summed E-state index contributed by atoms with van der Waals surface area (Å²) < 4.78 is 1.99. The van der Waals surface area contributed by atoms with Crippen LogP contribution in [-0.4, -0.2) is 5.78 Å². The van der Waals surface area contributed by atoms with E-state index in [2.05, 4.69) is 13.0 Å². The molecule has 0 aliphatic carbocycles. The molecule has 0 atom stereocenters. The van der Waals surface area contributed by atoms with E-state index in [0.29, 0.717) is 17.1 Å². The van der Waals surface area contributed by atoms with E-state index in [1.807, 2.05) is 35.0 Å². The van der Waals surface area contributed by atoms with E-state index in [1.54, 1.807) is 24.3 Å². The first-order chi connectivity index (χ1) is 10.1. The van der Waals surface area contributed by atoms with Gasteiger partial charge in [0.05, 0.1) is 0 Å². The maximum Gasteiger partial charge on any atom is 0.227 e. The van der Waals surface area contributed by atoms with Crippen LogP contribution in [0.4, 0.5) is 0 Å². The van der Waals surface area contributed by atoms with Crippen molar-refractivity contribution in [1.29, 1.82) is 0 Å². The molecule has 2 aromatic carbocycles. The van der Waals surface area contributed by atoms with E-state index in [1.165, 1.54) is 10.9 Å². The topological polar surface area (TPSA) is 20.9 Å². The lowest BCUT2D eigenvalue weighted by Gasteiger charge is -2.04. The Labute approximate surface area is 145 Å². The predicted octanol–water partition coefficient (Wildman–Crippen LogP) is 4.55. The van der Waals surface area contributed by atoms with Gasteiger partial charge in [0.25, 0.3) is 0 Å². The number of Topliss-reactive ketones (excluding diaryl/α,β-unsaturated/α-hetero) is 1. The molecule has 0 amide bonds. The molecule has 0 unspecified atom stereocenters. The standard InChI is InChI=1S/C18H15ClNO.BrH/c1-13-10-11-20(17-5-3-2-4-16(13)17)12-18(21)14-6-8-15(19)9-7-14;/h2-11H,12H2,1H3;1H/q+1;. The van der Waals surface area contributed by atoms with Crippen LogP contribution in [0.15, 0.2) is 60.8 Å². The quantitative estimate of drug-likeness (QED) is 0.484. The third kappa shape index (κ3) is 3.37. The number of carbonyl (C=O) groups excluding carboxylic acids is 1. The monoisotopic (exact) mass is 376 g/mol. The lowest BCUT2D eigenvalue weighted by atomic mass is 10.1. The maximum absolute atomic E-state index is 12.4. The molecular weight excluding hydrogens is 362 g/mol. The number of para-hydroxylation sites is 1. The number of fused-ring (bicyclic) bond motifs is 1. The van der Waals surface area contributed by atoms with Gasteiger partial charge in [0.1, 0.15) is 0 Å². The van der Waals surface area contributed by atoms with Gasteiger partial charge < -0.3 is 0 Å². The van der Waals surface area contributed by atoms with Crippen molar-refractivity contribution in [3.8, 4) is 0 Å². The summed E-state index contributed by atoms with van der Waals surface area (Å²) >= 11 is 5.86. The molecule has 0 N–H and O–H groups in total. The second-order valence-electron chi connectivity index (χ2n) is 5.07. The highest BCUT2D eigenvalue weighted by Gasteiger charge is 2.16. The number of rotatable bonds is 3. The van der Waals surface area contributed by atoms with Crippen molar-refractivity contribution in [3.05, 3.63) is 76.9 Å². The fraction of sp³-hybridized carbons (Fsp3) is 0.111. The Balaban J connectivity index is 0.00000176. The number of carbonyl (C=O) groups is 1. The van der Waals surface area contributed by atoms with Gasteiger partial charge in [-0.15, -0.1) is 17.0 Å². The molecule has 4 heteroatoms. The summed E-state index contributed by atoms with van der Waals surface area (Å²) in [6.07, 6.45) is 1.96. The van der Waals surface area contributed by atoms with E-state index in [4.69, 9.17) is 11.6 Å². The molecule has 1 aromatic heterocycles. The van der Waals surface area contributed by atoms with E-state index in [0.717, 1.165) is 5.52 Å². The highest BCUT2D eigenvalue weighted by molar-refractivity contribution is 8.93. The maximum atomic E-state index is 12.4. The number of pyridine rings is 1. The summed E-state index contributed by atoms with van der Waals surface area (Å²) in [5.41, 5.74) is 2.96. The van der Waals surface area contributed by atoms with Gasteiger partial charge in [0.15, 0.2) is 6.20 Å². The highest BCUT2D eigenvalue weighted by Crippen LogP contribution is 2.14. The first kappa shape index (κ1) is 16.7. The molecule has 112 valence electrons. The summed E-state index contributed by atoms with van der Waals surface area (Å²) in [4.78, 5) is 12.4. The van der Waals surface area contributed by atoms with Crippen LogP contribution in [0.2, 0.25) is 5.02 Å². The molecule has 0 radical (unpaired) electrons. The summed E-state index contributed by atoms with van der Waals surface area (Å²) in [6, 6.07) is 17.2. The molecule has 0 spiro atoms. The number of hydrogen-bond acceptors (Lipinski definition) is 1. The van der Waals surface area contributed by atoms with Crippen molar-refractivity contribution in [2.75, 3.05) is 0 Å². The smallest absolute Gasteiger partial charge is 0.227 e. The zero-order valence-corrected chi connectivity index (χ0v) is 14.6. The number of hydrogen-bond donors (Lipinski definition) is 0. The van der Waals surface area contributed by atoms with Gasteiger partial charge in [-0.2, -0.15) is 4.57 Å². The summed E-state index contributed by atoms with van der Waals surface area (Å²) in [5, 5.41) is 1.81. The zero-order chi connectivity index (χ0) is 14.8. The van der Waals surface area contributed by atoms with Crippen LogP contribution in [0.5, 0.6) is 0 Å². The van der Waals surface area contributed by atoms with E-state index in [-0.39, 0.29) is 22.8 Å². The van der Waals surface area contributed by atoms with Crippen LogP contribution >= 0.6 is 28.6 Å². The van der Waals surface area contributed by atoms with E-state index < -0.39 is 0 Å². The average molecular weight is 378 g/mol. The van der Waals surface area contributed by atoms with Gasteiger partial charge in [0.2, 0.25) is 17.8 Å². The van der Waals surface area contributed by atoms with Crippen LogP contribution in [-0.2, 0) is 6.54 Å². The van der Waals surface area contributed by atoms with Gasteiger partial charge in [-0.05, 0) is 42.8 Å². The molecule has 0 saturated heterocycles. The average Bonchev–Trinajstić information content (AvgIpc) is 2.51. The van der Waals surface area contributed by atoms with Crippen LogP contribution < -0.4 is 4.57 Å². The highest BCUT2D eigenvalue weighted by atomic mass is 79.9. The third-order valence-corrected chi connectivity index (χ3v) is 3.87. The Morgan fingerprint density at radius 3 is 2.45 bits per heavy atom. The van der Waals surface area contributed by atoms with Crippen molar-refractivity contribution >= 4 is 45.3 Å². The molecule has 22 heavy (non-hydrogen) atoms. The molecule has 0 bridgehead atoms. The fourth-order valence-corrected chi connectivity index (χ4v) is 2.58. The van der Waals surface area contributed by atoms with Crippen molar-refractivity contribution in [2.24, 2.45) is 0 Å². The number of nitrogens with zero attached hydrogens (tertiary/aromatic N) is 1. The molecule has 0 aliphatic heterocycles. The van der Waals surface area contributed by atoms with Crippen LogP contribution in [0.3, 0.4) is 0 Å². The van der Waals surface area contributed by atoms with Crippen LogP contribution in [0.1, 0.15) is 15.9 Å². The largest absolute Gasteiger partial charge is 0.287 e. The molecule has 0 saturated carbocycles. The first-order valence-electron chi connectivity index (χ1n) is 6.82. The number of aromatic nitrogens is 1. The van der Waals surface area contributed by atoms with Crippen molar-refractivity contribution < 1.29 is 9.36 Å². The molecule has 2 nitrogen and oxygen atoms in total. The summed E-state index contributed by atoms with van der Waals surface area (Å²) in [5.74, 6) is 0.0747. The Morgan fingerprint density at radius 1 is 1.05 bits per heavy atom. The second kappa shape index (κ2) is 7.03. The second-order valence-corrected chi connectivity index (χ2v) is 5.51. The lowest BCUT2D eigenvalue weighted by molar-refractivity contribution is -0.657. The minimum Gasteiger partial charge on any atom is -0.287 e. The summed E-state index contributed by atoms with van der Waals surface area (Å²) in [7, 11) is 0. The number of benzene rings is 2. The molecule has 1 heterocycles. The Hall–Kier alpha value is -1.71. The fourth-order valence-electron chi connectivity index (χ4n) is 2.45. The molecular formula is C18H16BrClNO+. The SMILES string of the molecule is Br.Cc1cc[n+](CC(=O)c2ccc(Cl)cc2)c2ccccc12. The first-order valence-corrected chi connectivity index (χ1v) is 7.19. The molecule has 0 fully saturated rings. The summed E-state index contributed by atoms with van der Waals surface area (Å²) in [6.45, 7) is 2.40. The zero-order valence-electron chi connectivity index (χ0n) is 12.1. The minimum atomic E-state index is 0. The third-order valence-electron chi connectivity index (χ3n) is 3.62. The molecule has 0 aliphatic rings. The van der Waals surface area contributed by atoms with Crippen molar-refractivity contribution in [1.82, 2.24) is 0 Å². The Bertz CT molecular complexity index is 815. The number of halogens is 2. The van der Waals surface area contributed by atoms with E-state index in [9.17, 15) is 4.79 Å². The van der Waals surface area contributed by atoms with Crippen LogP contribution in [0.25, 0.3) is 10.9 Å². The van der Waals surface area contributed by atoms with Gasteiger partial charge in [-0.1, -0.05) is 23.7 Å². The van der Waals surface area contributed by atoms with Crippen molar-refractivity contribution in [3.63, 3.8) is 0 Å². The minimum absolute atomic E-state index is 0. The van der Waals surface area contributed by atoms with Gasteiger partial charge in [-0.25, -0.2) is 0 Å². The molecule has 3 aromatic rings. The Kier molecular flexibility index (Phi) is 5.33. The molecule has 3 rings (SSSR count). The predicted molar refractivity (Wildman–Crippen MR) is 95.0 cm³/mol. The van der Waals surface area contributed by atoms with Crippen LogP contribution in [0, 0.1) is 6.92 Å². The number of aryl methyl sites for hydroxylation is 1. The Morgan fingerprint density at radius 2 is 1.73 bits per heavy atom. The lowest BCUT2D eigenvalue weighted by Crippen LogP contribution is -2.38. The normalized spacial score (nSPS) is 10.3. The number of ketones is 1. The van der Waals surface area contributed by atoms with Gasteiger partial charge in [-0.3, -0.25) is 4.79 Å². The van der Waals surface area contributed by atoms with E-state index >= 15 is 0 Å². The van der Waals surface area contributed by atoms with Crippen molar-refractivity contribution in [2.45, 2.75) is 13.5 Å². The van der Waals surface area contributed by atoms with Gasteiger partial charge >= 0.3 is 0 Å².